The summed E-state index contributed by atoms with van der Waals surface area (Å²) in [7, 11) is 1.25. The minimum atomic E-state index is -0.981. The minimum Gasteiger partial charge on any atom is -0.468 e. The van der Waals surface area contributed by atoms with Crippen LogP contribution in [0, 0.1) is 19.8 Å². The predicted molar refractivity (Wildman–Crippen MR) is 144 cm³/mol. The first kappa shape index (κ1) is 30.5. The van der Waals surface area contributed by atoms with Crippen molar-refractivity contribution in [2.45, 2.75) is 78.1 Å². The summed E-state index contributed by atoms with van der Waals surface area (Å²) in [5, 5.41) is 5.40. The Morgan fingerprint density at radius 2 is 1.76 bits per heavy atom. The lowest BCUT2D eigenvalue weighted by Gasteiger charge is -2.36. The summed E-state index contributed by atoms with van der Waals surface area (Å²) in [6.45, 7) is 10.8. The van der Waals surface area contributed by atoms with Crippen LogP contribution in [0.25, 0.3) is 0 Å². The summed E-state index contributed by atoms with van der Waals surface area (Å²) in [5.74, 6) is -0.600. The molecule has 0 aliphatic heterocycles. The van der Waals surface area contributed by atoms with Gasteiger partial charge in [0.2, 0.25) is 11.8 Å². The third kappa shape index (κ3) is 8.66. The van der Waals surface area contributed by atoms with E-state index in [9.17, 15) is 19.2 Å². The standard InChI is InChI=1S/C27H41N3O6S/c1-16-10-9-11-17(2)22(16)23(24(32)28-15-21(31)35-7)30(20-14-18(20)3)25(33)19(12-13-37-8)29-26(34)36-27(4,5)6/h9-11,18-20,23H,12-15H2,1-8H3,(H,28,32)(H,29,34). The van der Waals surface area contributed by atoms with Gasteiger partial charge in [0.25, 0.3) is 0 Å². The number of rotatable bonds is 11. The van der Waals surface area contributed by atoms with Crippen LogP contribution >= 0.6 is 11.8 Å². The van der Waals surface area contributed by atoms with Gasteiger partial charge >= 0.3 is 12.1 Å². The number of hydrogen-bond donors (Lipinski definition) is 2. The normalized spacial score (nSPS) is 18.3. The van der Waals surface area contributed by atoms with Crippen molar-refractivity contribution in [2.75, 3.05) is 25.7 Å². The summed E-state index contributed by atoms with van der Waals surface area (Å²) in [4.78, 5) is 53.9. The third-order valence-corrected chi connectivity index (χ3v) is 6.90. The van der Waals surface area contributed by atoms with E-state index in [1.807, 2.05) is 45.2 Å². The zero-order chi connectivity index (χ0) is 27.9. The molecule has 1 aromatic rings. The predicted octanol–water partition coefficient (Wildman–Crippen LogP) is 3.52. The second-order valence-corrected chi connectivity index (χ2v) is 11.5. The topological polar surface area (TPSA) is 114 Å². The number of alkyl carbamates (subject to hydrolysis) is 1. The average Bonchev–Trinajstić information content (AvgIpc) is 3.53. The number of hydrogen-bond acceptors (Lipinski definition) is 7. The van der Waals surface area contributed by atoms with Crippen molar-refractivity contribution < 1.29 is 28.7 Å². The highest BCUT2D eigenvalue weighted by molar-refractivity contribution is 7.98. The van der Waals surface area contributed by atoms with Gasteiger partial charge in [0.1, 0.15) is 24.2 Å². The van der Waals surface area contributed by atoms with E-state index in [-0.39, 0.29) is 24.4 Å². The number of nitrogens with one attached hydrogen (secondary N) is 2. The fourth-order valence-corrected chi connectivity index (χ4v) is 4.75. The lowest BCUT2D eigenvalue weighted by molar-refractivity contribution is -0.145. The molecule has 206 valence electrons. The molecule has 1 saturated carbocycles. The van der Waals surface area contributed by atoms with Crippen LogP contribution in [0.15, 0.2) is 18.2 Å². The number of carbonyl (C=O) groups is 4. The second-order valence-electron chi connectivity index (χ2n) is 10.5. The van der Waals surface area contributed by atoms with Crippen LogP contribution in [0.4, 0.5) is 4.79 Å². The fraction of sp³-hybridized carbons (Fsp3) is 0.630. The highest BCUT2D eigenvalue weighted by Gasteiger charge is 2.48. The lowest BCUT2D eigenvalue weighted by atomic mass is 9.93. The number of ether oxygens (including phenoxy) is 2. The molecule has 0 radical (unpaired) electrons. The highest BCUT2D eigenvalue weighted by Crippen LogP contribution is 2.42. The molecule has 1 aliphatic carbocycles. The number of carbonyl (C=O) groups excluding carboxylic acids is 4. The molecule has 1 fully saturated rings. The van der Waals surface area contributed by atoms with E-state index in [4.69, 9.17) is 4.74 Å². The number of nitrogens with zero attached hydrogens (tertiary/aromatic N) is 1. The average molecular weight is 536 g/mol. The molecule has 0 saturated heterocycles. The van der Waals surface area contributed by atoms with Gasteiger partial charge in [-0.1, -0.05) is 25.1 Å². The van der Waals surface area contributed by atoms with Crippen molar-refractivity contribution in [3.63, 3.8) is 0 Å². The summed E-state index contributed by atoms with van der Waals surface area (Å²) in [6, 6.07) is 3.64. The number of benzene rings is 1. The van der Waals surface area contributed by atoms with Crippen LogP contribution in [-0.2, 0) is 23.9 Å². The van der Waals surface area contributed by atoms with Gasteiger partial charge in [-0.05, 0) is 82.1 Å². The number of esters is 1. The van der Waals surface area contributed by atoms with Gasteiger partial charge in [-0.15, -0.1) is 0 Å². The highest BCUT2D eigenvalue weighted by atomic mass is 32.2. The van der Waals surface area contributed by atoms with Gasteiger partial charge in [0.15, 0.2) is 0 Å². The molecular formula is C27H41N3O6S. The van der Waals surface area contributed by atoms with Crippen molar-refractivity contribution in [3.8, 4) is 0 Å². The molecule has 1 aliphatic rings. The van der Waals surface area contributed by atoms with Gasteiger partial charge in [0.05, 0.1) is 7.11 Å². The number of aryl methyl sites for hydroxylation is 2. The molecule has 2 N–H and O–H groups in total. The van der Waals surface area contributed by atoms with Gasteiger partial charge in [0, 0.05) is 6.04 Å². The monoisotopic (exact) mass is 535 g/mol. The molecule has 0 heterocycles. The Bertz CT molecular complexity index is 973. The Morgan fingerprint density at radius 1 is 1.16 bits per heavy atom. The van der Waals surface area contributed by atoms with Crippen LogP contribution in [0.2, 0.25) is 0 Å². The molecular weight excluding hydrogens is 494 g/mol. The number of thioether (sulfide) groups is 1. The van der Waals surface area contributed by atoms with Crippen LogP contribution in [0.3, 0.4) is 0 Å². The van der Waals surface area contributed by atoms with E-state index in [0.29, 0.717) is 17.7 Å². The van der Waals surface area contributed by atoms with Crippen LogP contribution in [0.5, 0.6) is 0 Å². The SMILES string of the molecule is COC(=O)CNC(=O)C(c1c(C)cccc1C)N(C(=O)C(CCSC)NC(=O)OC(C)(C)C)C1CC1C. The van der Waals surface area contributed by atoms with E-state index in [0.717, 1.165) is 17.5 Å². The van der Waals surface area contributed by atoms with E-state index in [1.54, 1.807) is 37.4 Å². The fourth-order valence-electron chi connectivity index (χ4n) is 4.28. The molecule has 2 rings (SSSR count). The van der Waals surface area contributed by atoms with Gasteiger partial charge in [-0.2, -0.15) is 11.8 Å². The first-order valence-electron chi connectivity index (χ1n) is 12.5. The maximum atomic E-state index is 14.2. The summed E-state index contributed by atoms with van der Waals surface area (Å²) < 4.78 is 10.1. The molecule has 0 aromatic heterocycles. The lowest BCUT2D eigenvalue weighted by Crippen LogP contribution is -2.54. The molecule has 4 atom stereocenters. The van der Waals surface area contributed by atoms with E-state index in [1.165, 1.54) is 7.11 Å². The van der Waals surface area contributed by atoms with Crippen LogP contribution in [0.1, 0.15) is 63.3 Å². The smallest absolute Gasteiger partial charge is 0.408 e. The molecule has 3 amide bonds. The zero-order valence-electron chi connectivity index (χ0n) is 23.2. The van der Waals surface area contributed by atoms with Crippen molar-refractivity contribution in [3.05, 3.63) is 34.9 Å². The molecule has 1 aromatic carbocycles. The largest absolute Gasteiger partial charge is 0.468 e. The van der Waals surface area contributed by atoms with Crippen molar-refractivity contribution >= 4 is 35.6 Å². The number of methoxy groups -OCH3 is 1. The van der Waals surface area contributed by atoms with Crippen LogP contribution < -0.4 is 10.6 Å². The van der Waals surface area contributed by atoms with Crippen molar-refractivity contribution in [1.29, 1.82) is 0 Å². The quantitative estimate of drug-likeness (QED) is 0.417. The van der Waals surface area contributed by atoms with Crippen LogP contribution in [-0.4, -0.2) is 72.1 Å². The molecule has 9 nitrogen and oxygen atoms in total. The molecule has 4 unspecified atom stereocenters. The Morgan fingerprint density at radius 3 is 2.24 bits per heavy atom. The zero-order valence-corrected chi connectivity index (χ0v) is 24.0. The van der Waals surface area contributed by atoms with Crippen molar-refractivity contribution in [1.82, 2.24) is 15.5 Å². The van der Waals surface area contributed by atoms with E-state index < -0.39 is 35.7 Å². The summed E-state index contributed by atoms with van der Waals surface area (Å²) in [5.41, 5.74) is 1.68. The molecule has 37 heavy (non-hydrogen) atoms. The van der Waals surface area contributed by atoms with E-state index in [2.05, 4.69) is 15.4 Å². The molecule has 0 bridgehead atoms. The van der Waals surface area contributed by atoms with Gasteiger partial charge in [-0.25, -0.2) is 4.79 Å². The second kappa shape index (κ2) is 13.2. The molecule has 10 heteroatoms. The maximum absolute atomic E-state index is 14.2. The Kier molecular flexibility index (Phi) is 10.8. The Hall–Kier alpha value is -2.75. The maximum Gasteiger partial charge on any atom is 0.408 e. The van der Waals surface area contributed by atoms with Gasteiger partial charge in [-0.3, -0.25) is 14.4 Å². The van der Waals surface area contributed by atoms with Gasteiger partial charge < -0.3 is 25.0 Å². The summed E-state index contributed by atoms with van der Waals surface area (Å²) in [6.07, 6.45) is 2.35. The Labute approximate surface area is 224 Å². The first-order chi connectivity index (χ1) is 17.3. The third-order valence-electron chi connectivity index (χ3n) is 6.26. The number of amides is 3. The van der Waals surface area contributed by atoms with E-state index >= 15 is 0 Å². The summed E-state index contributed by atoms with van der Waals surface area (Å²) >= 11 is 1.56. The molecule has 0 spiro atoms. The first-order valence-corrected chi connectivity index (χ1v) is 13.9. The van der Waals surface area contributed by atoms with Crippen molar-refractivity contribution in [2.24, 2.45) is 5.92 Å². The Balaban J connectivity index is 2.53. The minimum absolute atomic E-state index is 0.183.